The highest BCUT2D eigenvalue weighted by Gasteiger charge is 2.33. The van der Waals surface area contributed by atoms with Gasteiger partial charge in [-0.15, -0.1) is 11.3 Å². The fraction of sp³-hybridized carbons (Fsp3) is 0.429. The number of rotatable bonds is 5. The SMILES string of the molecule is C.COC(=S)NC[C@H]1CN(c2ccc(N3CCNN(C(=O)Nc4nccs4)CC3)c(F)c2)C(=O)O1. The van der Waals surface area contributed by atoms with Crippen molar-refractivity contribution in [1.29, 1.82) is 0 Å². The molecule has 3 heterocycles. The van der Waals surface area contributed by atoms with Crippen LogP contribution in [-0.2, 0) is 9.47 Å². The molecule has 11 nitrogen and oxygen atoms in total. The zero-order chi connectivity index (χ0) is 24.1. The summed E-state index contributed by atoms with van der Waals surface area (Å²) in [7, 11) is 1.45. The van der Waals surface area contributed by atoms with Gasteiger partial charge in [-0.2, -0.15) is 0 Å². The van der Waals surface area contributed by atoms with E-state index < -0.39 is 18.0 Å². The number of benzene rings is 1. The summed E-state index contributed by atoms with van der Waals surface area (Å²) in [5.74, 6) is -0.465. The highest BCUT2D eigenvalue weighted by atomic mass is 32.1. The molecule has 0 unspecified atom stereocenters. The quantitative estimate of drug-likeness (QED) is 0.507. The Hall–Kier alpha value is -3.23. The van der Waals surface area contributed by atoms with Crippen molar-refractivity contribution in [3.8, 4) is 0 Å². The molecule has 35 heavy (non-hydrogen) atoms. The normalized spacial score (nSPS) is 17.8. The Bertz CT molecular complexity index is 1040. The second kappa shape index (κ2) is 12.0. The molecule has 4 rings (SSSR count). The summed E-state index contributed by atoms with van der Waals surface area (Å²) < 4.78 is 25.3. The van der Waals surface area contributed by atoms with Crippen LogP contribution < -0.4 is 25.9 Å². The standard InChI is InChI=1S/C20H24FN7O4S2.CH4/c1-31-19(33)23-11-14-12-27(20(30)32-14)13-2-3-16(15(21)10-13)26-6-4-24-28(8-7-26)18(29)25-17-22-5-9-34-17;/h2-3,5,9-10,14,24H,4,6-8,11-12H2,1H3,(H,23,33)(H,22,25,29);1H4/t14-;/m0./s1. The number of methoxy groups -OCH3 is 1. The summed E-state index contributed by atoms with van der Waals surface area (Å²) >= 11 is 6.25. The number of amides is 3. The Kier molecular flexibility index (Phi) is 9.01. The van der Waals surface area contributed by atoms with Crippen LogP contribution in [0.2, 0.25) is 0 Å². The van der Waals surface area contributed by atoms with E-state index >= 15 is 4.39 Å². The molecular weight excluding hydrogens is 497 g/mol. The Balaban J connectivity index is 0.00000342. The van der Waals surface area contributed by atoms with Gasteiger partial charge in [-0.25, -0.2) is 24.4 Å². The number of nitrogens with one attached hydrogen (secondary N) is 3. The third-order valence-corrected chi connectivity index (χ3v) is 6.29. The number of aromatic nitrogens is 1. The van der Waals surface area contributed by atoms with E-state index in [4.69, 9.17) is 21.7 Å². The zero-order valence-corrected chi connectivity index (χ0v) is 20.0. The number of halogens is 1. The smallest absolute Gasteiger partial charge is 0.414 e. The molecule has 0 spiro atoms. The molecule has 2 saturated heterocycles. The van der Waals surface area contributed by atoms with Crippen LogP contribution >= 0.6 is 23.6 Å². The van der Waals surface area contributed by atoms with Gasteiger partial charge in [-0.3, -0.25) is 15.2 Å². The van der Waals surface area contributed by atoms with E-state index in [9.17, 15) is 9.59 Å². The molecule has 1 aromatic heterocycles. The highest BCUT2D eigenvalue weighted by molar-refractivity contribution is 7.80. The second-order valence-electron chi connectivity index (χ2n) is 7.44. The largest absolute Gasteiger partial charge is 0.474 e. The van der Waals surface area contributed by atoms with Gasteiger partial charge in [0, 0.05) is 31.2 Å². The first-order valence-electron chi connectivity index (χ1n) is 10.5. The third kappa shape index (κ3) is 6.46. The summed E-state index contributed by atoms with van der Waals surface area (Å²) in [6.45, 7) is 2.26. The minimum absolute atomic E-state index is 0. The van der Waals surface area contributed by atoms with Gasteiger partial charge in [0.25, 0.3) is 5.17 Å². The van der Waals surface area contributed by atoms with Crippen molar-refractivity contribution in [1.82, 2.24) is 20.7 Å². The van der Waals surface area contributed by atoms with Gasteiger partial charge in [0.15, 0.2) is 5.13 Å². The number of urea groups is 1. The van der Waals surface area contributed by atoms with E-state index in [1.54, 1.807) is 23.7 Å². The van der Waals surface area contributed by atoms with Crippen molar-refractivity contribution in [3.05, 3.63) is 35.6 Å². The molecule has 0 aliphatic carbocycles. The molecule has 2 aliphatic rings. The fourth-order valence-electron chi connectivity index (χ4n) is 3.62. The van der Waals surface area contributed by atoms with Crippen LogP contribution in [0, 0.1) is 5.82 Å². The summed E-state index contributed by atoms with van der Waals surface area (Å²) in [4.78, 5) is 32.0. The van der Waals surface area contributed by atoms with Crippen molar-refractivity contribution >= 4 is 57.4 Å². The minimum Gasteiger partial charge on any atom is -0.474 e. The predicted octanol–water partition coefficient (Wildman–Crippen LogP) is 2.62. The lowest BCUT2D eigenvalue weighted by molar-refractivity contribution is 0.142. The lowest BCUT2D eigenvalue weighted by Crippen LogP contribution is -2.46. The molecular formula is C21H28FN7O4S2. The van der Waals surface area contributed by atoms with Crippen LogP contribution in [0.1, 0.15) is 7.43 Å². The zero-order valence-electron chi connectivity index (χ0n) is 18.3. The van der Waals surface area contributed by atoms with E-state index in [1.165, 1.54) is 34.4 Å². The van der Waals surface area contributed by atoms with Crippen LogP contribution in [-0.4, -0.2) is 79.8 Å². The number of anilines is 3. The van der Waals surface area contributed by atoms with Crippen molar-refractivity contribution in [3.63, 3.8) is 0 Å². The average molecular weight is 526 g/mol. The number of nitrogens with zero attached hydrogens (tertiary/aromatic N) is 4. The number of ether oxygens (including phenoxy) is 2. The lowest BCUT2D eigenvalue weighted by Gasteiger charge is -2.24. The number of cyclic esters (lactones) is 1. The molecule has 3 N–H and O–H groups in total. The molecule has 1 atom stereocenters. The van der Waals surface area contributed by atoms with Crippen LogP contribution in [0.5, 0.6) is 0 Å². The van der Waals surface area contributed by atoms with Gasteiger partial charge >= 0.3 is 12.1 Å². The van der Waals surface area contributed by atoms with Gasteiger partial charge < -0.3 is 19.7 Å². The third-order valence-electron chi connectivity index (χ3n) is 5.29. The van der Waals surface area contributed by atoms with Crippen molar-refractivity contribution in [2.45, 2.75) is 13.5 Å². The maximum atomic E-state index is 15.1. The number of hydrazine groups is 1. The number of thiocarbonyl (C=S) groups is 1. The summed E-state index contributed by atoms with van der Waals surface area (Å²) in [5.41, 5.74) is 3.84. The van der Waals surface area contributed by atoms with Crippen LogP contribution in [0.3, 0.4) is 0 Å². The number of carbonyl (C=O) groups excluding carboxylic acids is 2. The Labute approximate surface area is 212 Å². The first kappa shape index (κ1) is 26.4. The van der Waals surface area contributed by atoms with Crippen LogP contribution in [0.4, 0.5) is 30.5 Å². The average Bonchev–Trinajstić information content (AvgIpc) is 3.40. The Morgan fingerprint density at radius 1 is 1.40 bits per heavy atom. The number of carbonyl (C=O) groups is 2. The molecule has 2 aliphatic heterocycles. The summed E-state index contributed by atoms with van der Waals surface area (Å²) in [6, 6.07) is 4.31. The van der Waals surface area contributed by atoms with Gasteiger partial charge in [-0.1, -0.05) is 7.43 Å². The molecule has 14 heteroatoms. The predicted molar refractivity (Wildman–Crippen MR) is 136 cm³/mol. The first-order chi connectivity index (χ1) is 16.4. The maximum Gasteiger partial charge on any atom is 0.414 e. The second-order valence-corrected chi connectivity index (χ2v) is 8.70. The summed E-state index contributed by atoms with van der Waals surface area (Å²) in [5, 5.41) is 9.51. The molecule has 2 aromatic rings. The van der Waals surface area contributed by atoms with E-state index in [0.29, 0.717) is 49.2 Å². The molecule has 0 saturated carbocycles. The van der Waals surface area contributed by atoms with Gasteiger partial charge in [0.05, 0.1) is 38.1 Å². The first-order valence-corrected chi connectivity index (χ1v) is 11.8. The van der Waals surface area contributed by atoms with Crippen molar-refractivity contribution in [2.75, 3.05) is 61.5 Å². The fourth-order valence-corrected chi connectivity index (χ4v) is 4.22. The topological polar surface area (TPSA) is 111 Å². The van der Waals surface area contributed by atoms with Gasteiger partial charge in [-0.05, 0) is 30.4 Å². The van der Waals surface area contributed by atoms with Crippen molar-refractivity contribution < 1.29 is 23.5 Å². The monoisotopic (exact) mass is 525 g/mol. The van der Waals surface area contributed by atoms with Crippen LogP contribution in [0.15, 0.2) is 29.8 Å². The summed E-state index contributed by atoms with van der Waals surface area (Å²) in [6.07, 6.45) is 0.615. The van der Waals surface area contributed by atoms with Crippen molar-refractivity contribution in [2.24, 2.45) is 0 Å². The number of hydrogen-bond acceptors (Lipinski definition) is 9. The molecule has 1 aromatic carbocycles. The molecule has 0 radical (unpaired) electrons. The Morgan fingerprint density at radius 2 is 2.23 bits per heavy atom. The molecule has 3 amide bonds. The van der Waals surface area contributed by atoms with Crippen LogP contribution in [0.25, 0.3) is 0 Å². The maximum absolute atomic E-state index is 15.1. The highest BCUT2D eigenvalue weighted by Crippen LogP contribution is 2.28. The lowest BCUT2D eigenvalue weighted by atomic mass is 10.2. The minimum atomic E-state index is -0.553. The van der Waals surface area contributed by atoms with Gasteiger partial charge in [0.2, 0.25) is 0 Å². The van der Waals surface area contributed by atoms with E-state index in [1.807, 2.05) is 4.90 Å². The molecule has 2 fully saturated rings. The molecule has 190 valence electrons. The Morgan fingerprint density at radius 3 is 2.94 bits per heavy atom. The van der Waals surface area contributed by atoms with E-state index in [-0.39, 0.29) is 25.2 Å². The van der Waals surface area contributed by atoms with Gasteiger partial charge in [0.1, 0.15) is 11.9 Å². The van der Waals surface area contributed by atoms with E-state index in [2.05, 4.69) is 21.0 Å². The van der Waals surface area contributed by atoms with E-state index in [0.717, 1.165) is 0 Å². The number of thiazole rings is 1. The molecule has 0 bridgehead atoms. The number of hydrogen-bond donors (Lipinski definition) is 3.